The highest BCUT2D eigenvalue weighted by molar-refractivity contribution is 9.10. The van der Waals surface area contributed by atoms with Gasteiger partial charge in [-0.2, -0.15) is 0 Å². The molecule has 0 aliphatic carbocycles. The van der Waals surface area contributed by atoms with Crippen LogP contribution in [-0.4, -0.2) is 5.91 Å². The third-order valence-corrected chi connectivity index (χ3v) is 3.79. The fraction of sp³-hybridized carbons (Fsp3) is 0.0714. The predicted molar refractivity (Wildman–Crippen MR) is 82.9 cm³/mol. The van der Waals surface area contributed by atoms with Crippen molar-refractivity contribution in [1.29, 1.82) is 0 Å². The molecule has 0 unspecified atom stereocenters. The maximum atomic E-state index is 13.6. The van der Waals surface area contributed by atoms with Gasteiger partial charge in [-0.05, 0) is 35.9 Å². The average Bonchev–Trinajstić information content (AvgIpc) is 2.37. The van der Waals surface area contributed by atoms with Gasteiger partial charge in [0, 0.05) is 4.47 Å². The van der Waals surface area contributed by atoms with Crippen LogP contribution in [0, 0.1) is 5.82 Å². The minimum Gasteiger partial charge on any atom is -0.323 e. The van der Waals surface area contributed by atoms with Crippen LogP contribution >= 0.6 is 39.1 Å². The van der Waals surface area contributed by atoms with Gasteiger partial charge >= 0.3 is 0 Å². The van der Waals surface area contributed by atoms with E-state index in [9.17, 15) is 9.18 Å². The first-order valence-electron chi connectivity index (χ1n) is 5.64. The summed E-state index contributed by atoms with van der Waals surface area (Å²) in [6.45, 7) is 0. The van der Waals surface area contributed by atoms with Crippen LogP contribution in [0.2, 0.25) is 10.0 Å². The fourth-order valence-corrected chi connectivity index (χ4v) is 2.27. The summed E-state index contributed by atoms with van der Waals surface area (Å²) < 4.78 is 14.2. The second-order valence-electron chi connectivity index (χ2n) is 4.10. The number of hydrogen-bond donors (Lipinski definition) is 1. The highest BCUT2D eigenvalue weighted by atomic mass is 79.9. The molecule has 0 heterocycles. The number of halogens is 4. The van der Waals surface area contributed by atoms with Crippen molar-refractivity contribution in [2.24, 2.45) is 0 Å². The molecule has 6 heteroatoms. The first-order chi connectivity index (χ1) is 9.45. The Morgan fingerprint density at radius 3 is 2.55 bits per heavy atom. The maximum Gasteiger partial charge on any atom is 0.228 e. The minimum atomic E-state index is -0.498. The Morgan fingerprint density at radius 1 is 1.15 bits per heavy atom. The maximum absolute atomic E-state index is 13.6. The second kappa shape index (κ2) is 6.57. The summed E-state index contributed by atoms with van der Waals surface area (Å²) in [5, 5.41) is 3.32. The lowest BCUT2D eigenvalue weighted by atomic mass is 10.1. The van der Waals surface area contributed by atoms with E-state index in [1.54, 1.807) is 24.3 Å². The molecule has 0 saturated carbocycles. The van der Waals surface area contributed by atoms with Crippen LogP contribution in [0.3, 0.4) is 0 Å². The highest BCUT2D eigenvalue weighted by Crippen LogP contribution is 2.23. The van der Waals surface area contributed by atoms with E-state index in [1.165, 1.54) is 12.1 Å². The van der Waals surface area contributed by atoms with Gasteiger partial charge in [0.1, 0.15) is 5.82 Å². The van der Waals surface area contributed by atoms with E-state index < -0.39 is 5.82 Å². The number of carbonyl (C=O) groups excluding carboxylic acids is 1. The third kappa shape index (κ3) is 3.95. The number of amides is 1. The summed E-state index contributed by atoms with van der Waals surface area (Å²) in [5.74, 6) is -0.827. The Hall–Kier alpha value is -1.10. The predicted octanol–water partition coefficient (Wildman–Crippen LogP) is 5.08. The van der Waals surface area contributed by atoms with Gasteiger partial charge in [-0.15, -0.1) is 0 Å². The van der Waals surface area contributed by atoms with E-state index in [4.69, 9.17) is 23.2 Å². The molecule has 0 saturated heterocycles. The summed E-state index contributed by atoms with van der Waals surface area (Å²) in [7, 11) is 0. The summed E-state index contributed by atoms with van der Waals surface area (Å²) in [4.78, 5) is 11.8. The van der Waals surface area contributed by atoms with Crippen LogP contribution in [0.1, 0.15) is 5.56 Å². The molecular formula is C14H9BrCl2FNO. The van der Waals surface area contributed by atoms with Gasteiger partial charge in [0.25, 0.3) is 0 Å². The number of carbonyl (C=O) groups is 1. The second-order valence-corrected chi connectivity index (χ2v) is 5.83. The standard InChI is InChI=1S/C14H9BrCl2FNO/c15-9-2-4-13(12(18)7-9)19-14(20)6-8-1-3-10(16)11(17)5-8/h1-5,7H,6H2,(H,19,20). The van der Waals surface area contributed by atoms with Gasteiger partial charge < -0.3 is 5.32 Å². The molecule has 0 atom stereocenters. The van der Waals surface area contributed by atoms with Crippen molar-refractivity contribution < 1.29 is 9.18 Å². The molecule has 0 aliphatic rings. The normalized spacial score (nSPS) is 10.4. The van der Waals surface area contributed by atoms with Crippen LogP contribution < -0.4 is 5.32 Å². The third-order valence-electron chi connectivity index (χ3n) is 2.55. The van der Waals surface area contributed by atoms with E-state index in [0.717, 1.165) is 0 Å². The van der Waals surface area contributed by atoms with Gasteiger partial charge in [0.15, 0.2) is 0 Å². The van der Waals surface area contributed by atoms with Crippen molar-refractivity contribution in [3.63, 3.8) is 0 Å². The number of hydrogen-bond acceptors (Lipinski definition) is 1. The van der Waals surface area contributed by atoms with Crippen molar-refractivity contribution in [3.8, 4) is 0 Å². The number of anilines is 1. The van der Waals surface area contributed by atoms with Crippen molar-refractivity contribution in [2.75, 3.05) is 5.32 Å². The molecule has 2 rings (SSSR count). The number of benzene rings is 2. The van der Waals surface area contributed by atoms with E-state index in [2.05, 4.69) is 21.2 Å². The quantitative estimate of drug-likeness (QED) is 0.795. The first-order valence-corrected chi connectivity index (χ1v) is 7.19. The van der Waals surface area contributed by atoms with Crippen LogP contribution in [0.5, 0.6) is 0 Å². The minimum absolute atomic E-state index is 0.0897. The smallest absolute Gasteiger partial charge is 0.228 e. The summed E-state index contributed by atoms with van der Waals surface area (Å²) >= 11 is 14.8. The molecule has 0 bridgehead atoms. The number of nitrogens with one attached hydrogen (secondary N) is 1. The van der Waals surface area contributed by atoms with Crippen LogP contribution in [-0.2, 0) is 11.2 Å². The first kappa shape index (κ1) is 15.3. The average molecular weight is 377 g/mol. The van der Waals surface area contributed by atoms with Crippen molar-refractivity contribution in [3.05, 3.63) is 62.3 Å². The molecule has 2 aromatic rings. The summed E-state index contributed by atoms with van der Waals surface area (Å²) in [6, 6.07) is 9.36. The van der Waals surface area contributed by atoms with Crippen molar-refractivity contribution in [1.82, 2.24) is 0 Å². The van der Waals surface area contributed by atoms with E-state index >= 15 is 0 Å². The Morgan fingerprint density at radius 2 is 1.90 bits per heavy atom. The molecule has 1 N–H and O–H groups in total. The van der Waals surface area contributed by atoms with E-state index in [1.807, 2.05) is 0 Å². The lowest BCUT2D eigenvalue weighted by Gasteiger charge is -2.07. The van der Waals surface area contributed by atoms with Gasteiger partial charge in [0.05, 0.1) is 22.2 Å². The SMILES string of the molecule is O=C(Cc1ccc(Cl)c(Cl)c1)Nc1ccc(Br)cc1F. The molecule has 2 aromatic carbocycles. The summed E-state index contributed by atoms with van der Waals surface area (Å²) in [6.07, 6.45) is 0.0897. The lowest BCUT2D eigenvalue weighted by molar-refractivity contribution is -0.115. The van der Waals surface area contributed by atoms with Crippen molar-refractivity contribution >= 4 is 50.7 Å². The monoisotopic (exact) mass is 375 g/mol. The molecule has 1 amide bonds. The highest BCUT2D eigenvalue weighted by Gasteiger charge is 2.09. The molecule has 104 valence electrons. The molecule has 0 radical (unpaired) electrons. The van der Waals surface area contributed by atoms with Gasteiger partial charge in [-0.3, -0.25) is 4.79 Å². The zero-order valence-corrected chi connectivity index (χ0v) is 13.2. The zero-order chi connectivity index (χ0) is 14.7. The van der Waals surface area contributed by atoms with Crippen LogP contribution in [0.4, 0.5) is 10.1 Å². The number of rotatable bonds is 3. The molecule has 2 nitrogen and oxygen atoms in total. The Bertz CT molecular complexity index is 664. The Balaban J connectivity index is 2.07. The Kier molecular flexibility index (Phi) is 5.02. The fourth-order valence-electron chi connectivity index (χ4n) is 1.62. The summed E-state index contributed by atoms with van der Waals surface area (Å²) in [5.41, 5.74) is 0.840. The van der Waals surface area contributed by atoms with E-state index in [-0.39, 0.29) is 18.0 Å². The van der Waals surface area contributed by atoms with Gasteiger partial charge in [0.2, 0.25) is 5.91 Å². The van der Waals surface area contributed by atoms with E-state index in [0.29, 0.717) is 20.1 Å². The molecule has 20 heavy (non-hydrogen) atoms. The zero-order valence-electron chi connectivity index (χ0n) is 10.1. The Labute approximate surface area is 134 Å². The lowest BCUT2D eigenvalue weighted by Crippen LogP contribution is -2.15. The molecule has 0 spiro atoms. The van der Waals surface area contributed by atoms with Crippen LogP contribution in [0.15, 0.2) is 40.9 Å². The molecule has 0 fully saturated rings. The molecule has 0 aliphatic heterocycles. The van der Waals surface area contributed by atoms with Crippen molar-refractivity contribution in [2.45, 2.75) is 6.42 Å². The van der Waals surface area contributed by atoms with Gasteiger partial charge in [-0.25, -0.2) is 4.39 Å². The largest absolute Gasteiger partial charge is 0.323 e. The molecule has 0 aromatic heterocycles. The van der Waals surface area contributed by atoms with Gasteiger partial charge in [-0.1, -0.05) is 45.2 Å². The van der Waals surface area contributed by atoms with Crippen LogP contribution in [0.25, 0.3) is 0 Å². The molecular weight excluding hydrogens is 368 g/mol. The topological polar surface area (TPSA) is 29.1 Å².